The SMILES string of the molecule is O=C(C1CN(Cc2cccnc2)C1)N1CCC(F)(F)CC1. The lowest BCUT2D eigenvalue weighted by Gasteiger charge is -2.42. The molecular formula is C15H19F2N3O. The molecule has 0 N–H and O–H groups in total. The van der Waals surface area contributed by atoms with E-state index in [4.69, 9.17) is 0 Å². The third-order valence-electron chi connectivity index (χ3n) is 4.24. The van der Waals surface area contributed by atoms with Crippen LogP contribution in [0.5, 0.6) is 0 Å². The molecule has 0 spiro atoms. The van der Waals surface area contributed by atoms with E-state index in [0.29, 0.717) is 13.1 Å². The van der Waals surface area contributed by atoms with Gasteiger partial charge in [0.2, 0.25) is 5.91 Å². The highest BCUT2D eigenvalue weighted by Gasteiger charge is 2.40. The highest BCUT2D eigenvalue weighted by molar-refractivity contribution is 5.80. The first kappa shape index (κ1) is 14.4. The molecule has 1 amide bonds. The van der Waals surface area contributed by atoms with Crippen LogP contribution in [0.3, 0.4) is 0 Å². The number of carbonyl (C=O) groups excluding carboxylic acids is 1. The van der Waals surface area contributed by atoms with E-state index in [1.165, 1.54) is 0 Å². The Bertz CT molecular complexity index is 493. The Balaban J connectivity index is 1.45. The van der Waals surface area contributed by atoms with Crippen LogP contribution < -0.4 is 0 Å². The molecule has 2 aliphatic heterocycles. The molecule has 2 fully saturated rings. The van der Waals surface area contributed by atoms with E-state index in [-0.39, 0.29) is 37.8 Å². The van der Waals surface area contributed by atoms with E-state index in [1.807, 2.05) is 18.3 Å². The molecule has 4 nitrogen and oxygen atoms in total. The van der Waals surface area contributed by atoms with Crippen molar-refractivity contribution in [2.24, 2.45) is 5.92 Å². The van der Waals surface area contributed by atoms with Crippen LogP contribution in [0.2, 0.25) is 0 Å². The quantitative estimate of drug-likeness (QED) is 0.853. The van der Waals surface area contributed by atoms with Gasteiger partial charge in [-0.15, -0.1) is 0 Å². The number of amides is 1. The van der Waals surface area contributed by atoms with E-state index in [1.54, 1.807) is 11.1 Å². The van der Waals surface area contributed by atoms with Crippen molar-refractivity contribution in [3.05, 3.63) is 30.1 Å². The summed E-state index contributed by atoms with van der Waals surface area (Å²) in [5.41, 5.74) is 1.13. The second kappa shape index (κ2) is 5.67. The average Bonchev–Trinajstić information content (AvgIpc) is 2.43. The van der Waals surface area contributed by atoms with Gasteiger partial charge >= 0.3 is 0 Å². The van der Waals surface area contributed by atoms with Crippen LogP contribution in [-0.4, -0.2) is 52.8 Å². The van der Waals surface area contributed by atoms with E-state index in [2.05, 4.69) is 9.88 Å². The van der Waals surface area contributed by atoms with Crippen molar-refractivity contribution in [3.8, 4) is 0 Å². The number of carbonyl (C=O) groups is 1. The number of aromatic nitrogens is 1. The minimum absolute atomic E-state index is 0.0339. The van der Waals surface area contributed by atoms with Crippen molar-refractivity contribution in [2.75, 3.05) is 26.2 Å². The maximum absolute atomic E-state index is 13.1. The van der Waals surface area contributed by atoms with E-state index >= 15 is 0 Å². The molecule has 114 valence electrons. The Morgan fingerprint density at radius 1 is 1.33 bits per heavy atom. The summed E-state index contributed by atoms with van der Waals surface area (Å²) in [6.45, 7) is 2.58. The maximum Gasteiger partial charge on any atom is 0.251 e. The van der Waals surface area contributed by atoms with Crippen molar-refractivity contribution < 1.29 is 13.6 Å². The van der Waals surface area contributed by atoms with Crippen LogP contribution in [0.25, 0.3) is 0 Å². The van der Waals surface area contributed by atoms with Crippen molar-refractivity contribution in [1.82, 2.24) is 14.8 Å². The molecule has 0 saturated carbocycles. The zero-order valence-corrected chi connectivity index (χ0v) is 11.8. The molecule has 3 heterocycles. The Hall–Kier alpha value is -1.56. The lowest BCUT2D eigenvalue weighted by atomic mass is 9.96. The average molecular weight is 295 g/mol. The number of rotatable bonds is 3. The molecular weight excluding hydrogens is 276 g/mol. The fourth-order valence-corrected chi connectivity index (χ4v) is 2.92. The van der Waals surface area contributed by atoms with Gasteiger partial charge in [-0.05, 0) is 11.6 Å². The molecule has 21 heavy (non-hydrogen) atoms. The molecule has 2 saturated heterocycles. The number of nitrogens with zero attached hydrogens (tertiary/aromatic N) is 3. The summed E-state index contributed by atoms with van der Waals surface area (Å²) in [7, 11) is 0. The fourth-order valence-electron chi connectivity index (χ4n) is 2.92. The molecule has 0 unspecified atom stereocenters. The van der Waals surface area contributed by atoms with E-state index < -0.39 is 5.92 Å². The van der Waals surface area contributed by atoms with Crippen molar-refractivity contribution in [3.63, 3.8) is 0 Å². The summed E-state index contributed by atoms with van der Waals surface area (Å²) in [6, 6.07) is 3.90. The van der Waals surface area contributed by atoms with Gasteiger partial charge in [-0.25, -0.2) is 8.78 Å². The first-order valence-corrected chi connectivity index (χ1v) is 7.31. The van der Waals surface area contributed by atoms with Gasteiger partial charge in [0, 0.05) is 58.0 Å². The summed E-state index contributed by atoms with van der Waals surface area (Å²) in [5.74, 6) is -2.59. The zero-order chi connectivity index (χ0) is 14.9. The molecule has 0 aromatic carbocycles. The molecule has 0 bridgehead atoms. The van der Waals surface area contributed by atoms with Gasteiger partial charge in [0.15, 0.2) is 0 Å². The number of hydrogen-bond acceptors (Lipinski definition) is 3. The summed E-state index contributed by atoms with van der Waals surface area (Å²) in [4.78, 5) is 20.1. The topological polar surface area (TPSA) is 36.4 Å². The number of halogens is 2. The maximum atomic E-state index is 13.1. The Kier molecular flexibility index (Phi) is 3.89. The van der Waals surface area contributed by atoms with Crippen molar-refractivity contribution in [2.45, 2.75) is 25.3 Å². The van der Waals surface area contributed by atoms with Crippen LogP contribution in [0.1, 0.15) is 18.4 Å². The molecule has 0 aliphatic carbocycles. The first-order valence-electron chi connectivity index (χ1n) is 7.31. The number of alkyl halides is 2. The fraction of sp³-hybridized carbons (Fsp3) is 0.600. The lowest BCUT2D eigenvalue weighted by molar-refractivity contribution is -0.147. The molecule has 3 rings (SSSR count). The molecule has 6 heteroatoms. The Morgan fingerprint density at radius 3 is 2.67 bits per heavy atom. The molecule has 2 aliphatic rings. The van der Waals surface area contributed by atoms with Crippen molar-refractivity contribution in [1.29, 1.82) is 0 Å². The predicted octanol–water partition coefficient (Wildman–Crippen LogP) is 1.77. The van der Waals surface area contributed by atoms with Gasteiger partial charge in [0.1, 0.15) is 0 Å². The number of pyridine rings is 1. The Labute approximate surface area is 122 Å². The first-order chi connectivity index (χ1) is 10.0. The number of piperidine rings is 1. The van der Waals surface area contributed by atoms with E-state index in [9.17, 15) is 13.6 Å². The minimum Gasteiger partial charge on any atom is -0.342 e. The number of hydrogen-bond donors (Lipinski definition) is 0. The highest BCUT2D eigenvalue weighted by atomic mass is 19.3. The summed E-state index contributed by atoms with van der Waals surface area (Å²) < 4.78 is 26.2. The highest BCUT2D eigenvalue weighted by Crippen LogP contribution is 2.29. The van der Waals surface area contributed by atoms with Gasteiger partial charge in [0.25, 0.3) is 5.92 Å². The summed E-state index contributed by atoms with van der Waals surface area (Å²) in [5, 5.41) is 0. The van der Waals surface area contributed by atoms with Crippen LogP contribution in [0.15, 0.2) is 24.5 Å². The molecule has 0 atom stereocenters. The zero-order valence-electron chi connectivity index (χ0n) is 11.8. The Morgan fingerprint density at radius 2 is 2.05 bits per heavy atom. The second-order valence-corrected chi connectivity index (χ2v) is 5.93. The monoisotopic (exact) mass is 295 g/mol. The van der Waals surface area contributed by atoms with Gasteiger partial charge < -0.3 is 4.90 Å². The van der Waals surface area contributed by atoms with Gasteiger partial charge in [-0.1, -0.05) is 6.07 Å². The van der Waals surface area contributed by atoms with Gasteiger partial charge in [-0.3, -0.25) is 14.7 Å². The molecule has 1 aromatic rings. The summed E-state index contributed by atoms with van der Waals surface area (Å²) >= 11 is 0. The largest absolute Gasteiger partial charge is 0.342 e. The van der Waals surface area contributed by atoms with Crippen LogP contribution in [-0.2, 0) is 11.3 Å². The van der Waals surface area contributed by atoms with E-state index in [0.717, 1.165) is 12.1 Å². The minimum atomic E-state index is -2.59. The third kappa shape index (κ3) is 3.37. The molecule has 0 radical (unpaired) electrons. The van der Waals surface area contributed by atoms with Crippen LogP contribution in [0.4, 0.5) is 8.78 Å². The second-order valence-electron chi connectivity index (χ2n) is 5.93. The third-order valence-corrected chi connectivity index (χ3v) is 4.24. The molecule has 1 aromatic heterocycles. The predicted molar refractivity (Wildman–Crippen MR) is 73.8 cm³/mol. The van der Waals surface area contributed by atoms with Crippen molar-refractivity contribution >= 4 is 5.91 Å². The smallest absolute Gasteiger partial charge is 0.251 e. The van der Waals surface area contributed by atoms with Crippen LogP contribution in [0, 0.1) is 5.92 Å². The standard InChI is InChI=1S/C15H19F2N3O/c16-15(17)3-6-20(7-4-15)14(21)13-10-19(11-13)9-12-2-1-5-18-8-12/h1-2,5,8,13H,3-4,6-7,9-11H2. The normalized spacial score (nSPS) is 22.9. The van der Waals surface area contributed by atoms with Crippen LogP contribution >= 0.6 is 0 Å². The summed E-state index contributed by atoms with van der Waals surface area (Å²) in [6.07, 6.45) is 3.15. The lowest BCUT2D eigenvalue weighted by Crippen LogP contribution is -2.55. The van der Waals surface area contributed by atoms with Gasteiger partial charge in [0.05, 0.1) is 5.92 Å². The number of likely N-dealkylation sites (tertiary alicyclic amines) is 2. The van der Waals surface area contributed by atoms with Gasteiger partial charge in [-0.2, -0.15) is 0 Å².